The molecule has 1 fully saturated rings. The summed E-state index contributed by atoms with van der Waals surface area (Å²) in [4.78, 5) is 0. The van der Waals surface area contributed by atoms with Crippen molar-refractivity contribution in [2.45, 2.75) is 0 Å². The Bertz CT molecular complexity index is 352. The third-order valence-electron chi connectivity index (χ3n) is 2.77. The summed E-state index contributed by atoms with van der Waals surface area (Å²) < 4.78 is 16.7. The monoisotopic (exact) mass is 210 g/mol. The molecular weight excluding hydrogens is 195 g/mol. The Morgan fingerprint density at radius 3 is 2.07 bits per heavy atom. The number of nitrogens with zero attached hydrogens (tertiary/aromatic N) is 2. The number of hydrogen-bond acceptors (Lipinski definition) is 1. The van der Waals surface area contributed by atoms with Gasteiger partial charge in [-0.05, 0) is 26.2 Å². The average molecular weight is 210 g/mol. The SMILES string of the molecule is CN1CCN(C)P1(=O)c1ccccc1. The number of benzene rings is 1. The fourth-order valence-electron chi connectivity index (χ4n) is 1.84. The van der Waals surface area contributed by atoms with Crippen molar-refractivity contribution < 1.29 is 4.57 Å². The van der Waals surface area contributed by atoms with Crippen LogP contribution in [0.5, 0.6) is 0 Å². The zero-order valence-corrected chi connectivity index (χ0v) is 9.45. The van der Waals surface area contributed by atoms with Gasteiger partial charge in [-0.1, -0.05) is 18.2 Å². The highest BCUT2D eigenvalue weighted by atomic mass is 31.2. The molecule has 0 amide bonds. The van der Waals surface area contributed by atoms with Gasteiger partial charge >= 0.3 is 0 Å². The largest absolute Gasteiger partial charge is 0.284 e. The smallest absolute Gasteiger partial charge is 0.245 e. The van der Waals surface area contributed by atoms with Gasteiger partial charge in [0.15, 0.2) is 0 Å². The van der Waals surface area contributed by atoms with Gasteiger partial charge in [-0.15, -0.1) is 0 Å². The van der Waals surface area contributed by atoms with E-state index < -0.39 is 7.44 Å². The molecule has 0 aliphatic carbocycles. The Balaban J connectivity index is 2.46. The minimum atomic E-state index is -2.44. The van der Waals surface area contributed by atoms with Crippen LogP contribution < -0.4 is 5.30 Å². The van der Waals surface area contributed by atoms with E-state index in [1.807, 2.05) is 53.8 Å². The first-order valence-electron chi connectivity index (χ1n) is 4.74. The molecule has 3 nitrogen and oxygen atoms in total. The Hall–Kier alpha value is -0.630. The average Bonchev–Trinajstić information content (AvgIpc) is 2.49. The van der Waals surface area contributed by atoms with Gasteiger partial charge in [-0.25, -0.2) is 9.34 Å². The molecule has 0 atom stereocenters. The number of likely N-dealkylation sites (N-methyl/N-ethyl adjacent to an activating group) is 2. The highest BCUT2D eigenvalue weighted by Crippen LogP contribution is 2.53. The minimum Gasteiger partial charge on any atom is -0.284 e. The van der Waals surface area contributed by atoms with E-state index in [0.717, 1.165) is 18.4 Å². The second kappa shape index (κ2) is 3.50. The highest BCUT2D eigenvalue weighted by molar-refractivity contribution is 7.67. The van der Waals surface area contributed by atoms with Crippen molar-refractivity contribution in [3.63, 3.8) is 0 Å². The zero-order valence-electron chi connectivity index (χ0n) is 8.55. The molecule has 1 aliphatic rings. The molecule has 1 aromatic rings. The first kappa shape index (κ1) is 9.91. The Morgan fingerprint density at radius 2 is 1.57 bits per heavy atom. The fourth-order valence-corrected chi connectivity index (χ4v) is 4.43. The van der Waals surface area contributed by atoms with Crippen molar-refractivity contribution >= 4 is 12.7 Å². The van der Waals surface area contributed by atoms with Gasteiger partial charge in [0.25, 0.3) is 0 Å². The van der Waals surface area contributed by atoms with Gasteiger partial charge in [-0.3, -0.25) is 4.57 Å². The van der Waals surface area contributed by atoms with E-state index in [1.54, 1.807) is 0 Å². The summed E-state index contributed by atoms with van der Waals surface area (Å²) in [6, 6.07) is 9.72. The van der Waals surface area contributed by atoms with Crippen LogP contribution in [0.4, 0.5) is 0 Å². The predicted molar refractivity (Wildman–Crippen MR) is 58.9 cm³/mol. The van der Waals surface area contributed by atoms with Crippen molar-refractivity contribution in [3.05, 3.63) is 30.3 Å². The molecule has 0 aromatic heterocycles. The molecular formula is C10H15N2OP. The quantitative estimate of drug-likeness (QED) is 0.654. The second-order valence-corrected chi connectivity index (χ2v) is 6.61. The van der Waals surface area contributed by atoms with Crippen molar-refractivity contribution in [2.75, 3.05) is 27.2 Å². The molecule has 0 bridgehead atoms. The van der Waals surface area contributed by atoms with Gasteiger partial charge in [0.05, 0.1) is 0 Å². The van der Waals surface area contributed by atoms with Crippen LogP contribution in [-0.4, -0.2) is 36.5 Å². The Morgan fingerprint density at radius 1 is 1.07 bits per heavy atom. The van der Waals surface area contributed by atoms with E-state index in [1.165, 1.54) is 0 Å². The molecule has 1 aromatic carbocycles. The summed E-state index contributed by atoms with van der Waals surface area (Å²) in [6.07, 6.45) is 0. The van der Waals surface area contributed by atoms with Crippen molar-refractivity contribution in [1.29, 1.82) is 0 Å². The first-order chi connectivity index (χ1) is 6.65. The van der Waals surface area contributed by atoms with Crippen LogP contribution in [0.1, 0.15) is 0 Å². The maximum absolute atomic E-state index is 12.7. The molecule has 14 heavy (non-hydrogen) atoms. The maximum Gasteiger partial charge on any atom is 0.245 e. The van der Waals surface area contributed by atoms with Crippen LogP contribution in [0.3, 0.4) is 0 Å². The van der Waals surface area contributed by atoms with Crippen LogP contribution >= 0.6 is 7.44 Å². The lowest BCUT2D eigenvalue weighted by atomic mass is 10.4. The van der Waals surface area contributed by atoms with Crippen LogP contribution in [0.15, 0.2) is 30.3 Å². The van der Waals surface area contributed by atoms with Crippen molar-refractivity contribution in [2.24, 2.45) is 0 Å². The lowest BCUT2D eigenvalue weighted by molar-refractivity contribution is 0.501. The number of rotatable bonds is 1. The van der Waals surface area contributed by atoms with Crippen LogP contribution in [0.25, 0.3) is 0 Å². The van der Waals surface area contributed by atoms with Gasteiger partial charge in [-0.2, -0.15) is 0 Å². The standard InChI is InChI=1S/C10H15N2OP/c1-11-8-9-12(2)14(11,13)10-6-4-3-5-7-10/h3-7H,8-9H2,1-2H3. The van der Waals surface area contributed by atoms with Gasteiger partial charge in [0.2, 0.25) is 7.44 Å². The number of hydrogen-bond donors (Lipinski definition) is 0. The fraction of sp³-hybridized carbons (Fsp3) is 0.400. The van der Waals surface area contributed by atoms with E-state index in [9.17, 15) is 4.57 Å². The van der Waals surface area contributed by atoms with Gasteiger partial charge < -0.3 is 0 Å². The summed E-state index contributed by atoms with van der Waals surface area (Å²) >= 11 is 0. The Kier molecular flexibility index (Phi) is 2.48. The summed E-state index contributed by atoms with van der Waals surface area (Å²) in [6.45, 7) is 1.76. The van der Waals surface area contributed by atoms with Crippen LogP contribution in [0, 0.1) is 0 Å². The molecule has 2 rings (SSSR count). The molecule has 0 N–H and O–H groups in total. The van der Waals surface area contributed by atoms with Crippen molar-refractivity contribution in [1.82, 2.24) is 9.34 Å². The lowest BCUT2D eigenvalue weighted by Crippen LogP contribution is -2.22. The highest BCUT2D eigenvalue weighted by Gasteiger charge is 2.39. The van der Waals surface area contributed by atoms with Gasteiger partial charge in [0.1, 0.15) is 0 Å². The van der Waals surface area contributed by atoms with E-state index in [2.05, 4.69) is 0 Å². The summed E-state index contributed by atoms with van der Waals surface area (Å²) in [7, 11) is 1.42. The molecule has 0 unspecified atom stereocenters. The third kappa shape index (κ3) is 1.33. The summed E-state index contributed by atoms with van der Waals surface area (Å²) in [5, 5.41) is 0.933. The predicted octanol–water partition coefficient (Wildman–Crippen LogP) is 1.38. The molecule has 76 valence electrons. The summed E-state index contributed by atoms with van der Waals surface area (Å²) in [5.41, 5.74) is 0. The van der Waals surface area contributed by atoms with Crippen molar-refractivity contribution in [3.8, 4) is 0 Å². The van der Waals surface area contributed by atoms with Crippen LogP contribution in [-0.2, 0) is 4.57 Å². The third-order valence-corrected chi connectivity index (χ3v) is 5.99. The maximum atomic E-state index is 12.7. The molecule has 0 radical (unpaired) electrons. The van der Waals surface area contributed by atoms with E-state index >= 15 is 0 Å². The molecule has 1 aliphatic heterocycles. The first-order valence-corrected chi connectivity index (χ1v) is 6.36. The minimum absolute atomic E-state index is 0.878. The Labute approximate surface area is 84.8 Å². The van der Waals surface area contributed by atoms with E-state index in [-0.39, 0.29) is 0 Å². The molecule has 0 spiro atoms. The van der Waals surface area contributed by atoms with E-state index in [0.29, 0.717) is 0 Å². The molecule has 1 saturated heterocycles. The normalized spacial score (nSPS) is 22.7. The molecule has 0 saturated carbocycles. The van der Waals surface area contributed by atoms with E-state index in [4.69, 9.17) is 0 Å². The van der Waals surface area contributed by atoms with Crippen LogP contribution in [0.2, 0.25) is 0 Å². The van der Waals surface area contributed by atoms with Gasteiger partial charge in [0, 0.05) is 18.4 Å². The molecule has 1 heterocycles. The summed E-state index contributed by atoms with van der Waals surface area (Å²) in [5.74, 6) is 0. The zero-order chi connectivity index (χ0) is 10.2. The second-order valence-electron chi connectivity index (χ2n) is 3.64. The lowest BCUT2D eigenvalue weighted by Gasteiger charge is -2.25. The molecule has 4 heteroatoms. The topological polar surface area (TPSA) is 23.6 Å².